The van der Waals surface area contributed by atoms with Crippen LogP contribution in [0.2, 0.25) is 0 Å². The first-order valence-electron chi connectivity index (χ1n) is 5.88. The number of carbonyl (C=O) groups excluding carboxylic acids is 1. The van der Waals surface area contributed by atoms with Crippen molar-refractivity contribution < 1.29 is 23.2 Å². The Balaban J connectivity index is 3.16. The van der Waals surface area contributed by atoms with E-state index in [2.05, 4.69) is 0 Å². The van der Waals surface area contributed by atoms with Crippen molar-refractivity contribution in [1.29, 1.82) is 0 Å². The SMILES string of the molecule is COc1ccc(S(=O)(=O)N(O)[C@@H](C(N)=O)C(C)C)cc1. The molecule has 0 spiro atoms. The lowest BCUT2D eigenvalue weighted by molar-refractivity contribution is -0.134. The summed E-state index contributed by atoms with van der Waals surface area (Å²) in [4.78, 5) is 11.1. The van der Waals surface area contributed by atoms with E-state index in [-0.39, 0.29) is 9.36 Å². The summed E-state index contributed by atoms with van der Waals surface area (Å²) in [6.07, 6.45) is 0. The number of methoxy groups -OCH3 is 1. The lowest BCUT2D eigenvalue weighted by Gasteiger charge is -2.25. The van der Waals surface area contributed by atoms with Crippen LogP contribution >= 0.6 is 0 Å². The predicted molar refractivity (Wildman–Crippen MR) is 71.6 cm³/mol. The number of amides is 1. The molecule has 0 aliphatic heterocycles. The van der Waals surface area contributed by atoms with Crippen LogP contribution in [0.25, 0.3) is 0 Å². The van der Waals surface area contributed by atoms with Gasteiger partial charge < -0.3 is 10.5 Å². The Hall–Kier alpha value is -1.64. The zero-order valence-electron chi connectivity index (χ0n) is 11.5. The van der Waals surface area contributed by atoms with Gasteiger partial charge in [-0.25, -0.2) is 8.42 Å². The van der Waals surface area contributed by atoms with Crippen LogP contribution < -0.4 is 10.5 Å². The average molecular weight is 302 g/mol. The van der Waals surface area contributed by atoms with Crippen LogP contribution in [0.3, 0.4) is 0 Å². The molecule has 3 N–H and O–H groups in total. The smallest absolute Gasteiger partial charge is 0.265 e. The van der Waals surface area contributed by atoms with Gasteiger partial charge in [-0.15, -0.1) is 0 Å². The van der Waals surface area contributed by atoms with Crippen LogP contribution in [-0.4, -0.2) is 37.2 Å². The van der Waals surface area contributed by atoms with Gasteiger partial charge in [0.25, 0.3) is 10.0 Å². The van der Waals surface area contributed by atoms with Gasteiger partial charge in [0, 0.05) is 0 Å². The highest BCUT2D eigenvalue weighted by atomic mass is 32.2. The first-order valence-corrected chi connectivity index (χ1v) is 7.32. The number of rotatable bonds is 6. The van der Waals surface area contributed by atoms with E-state index < -0.39 is 27.9 Å². The second kappa shape index (κ2) is 6.21. The van der Waals surface area contributed by atoms with Gasteiger partial charge in [0.05, 0.1) is 12.0 Å². The summed E-state index contributed by atoms with van der Waals surface area (Å²) in [6.45, 7) is 3.17. The summed E-state index contributed by atoms with van der Waals surface area (Å²) in [7, 11) is -2.77. The van der Waals surface area contributed by atoms with E-state index in [0.717, 1.165) is 0 Å². The van der Waals surface area contributed by atoms with E-state index >= 15 is 0 Å². The number of hydrogen-bond donors (Lipinski definition) is 2. The molecular formula is C12H18N2O5S. The van der Waals surface area contributed by atoms with E-state index in [1.54, 1.807) is 13.8 Å². The molecular weight excluding hydrogens is 284 g/mol. The molecule has 8 heteroatoms. The Morgan fingerprint density at radius 3 is 2.15 bits per heavy atom. The van der Waals surface area contributed by atoms with Crippen molar-refractivity contribution in [3.05, 3.63) is 24.3 Å². The standard InChI is InChI=1S/C12H18N2O5S/c1-8(2)11(12(13)15)14(16)20(17,18)10-6-4-9(19-3)5-7-10/h4-8,11,16H,1-3H3,(H2,13,15)/t11-/m1/s1. The van der Waals surface area contributed by atoms with Crippen molar-refractivity contribution in [1.82, 2.24) is 4.47 Å². The molecule has 112 valence electrons. The highest BCUT2D eigenvalue weighted by molar-refractivity contribution is 7.89. The third kappa shape index (κ3) is 3.27. The van der Waals surface area contributed by atoms with Crippen molar-refractivity contribution in [3.63, 3.8) is 0 Å². The Morgan fingerprint density at radius 2 is 1.80 bits per heavy atom. The minimum absolute atomic E-state index is 0.0157. The Bertz CT molecular complexity index is 568. The summed E-state index contributed by atoms with van der Waals surface area (Å²) in [6, 6.07) is 4.10. The van der Waals surface area contributed by atoms with Crippen LogP contribution in [0.1, 0.15) is 13.8 Å². The number of carbonyl (C=O) groups is 1. The number of nitrogens with zero attached hydrogens (tertiary/aromatic N) is 1. The largest absolute Gasteiger partial charge is 0.497 e. The summed E-state index contributed by atoms with van der Waals surface area (Å²) in [5.74, 6) is -0.908. The normalized spacial score (nSPS) is 13.5. The fourth-order valence-corrected chi connectivity index (χ4v) is 3.04. The van der Waals surface area contributed by atoms with Crippen molar-refractivity contribution in [2.45, 2.75) is 24.8 Å². The quantitative estimate of drug-likeness (QED) is 0.747. The fraction of sp³-hybridized carbons (Fsp3) is 0.417. The Kier molecular flexibility index (Phi) is 5.09. The van der Waals surface area contributed by atoms with E-state index in [1.807, 2.05) is 0 Å². The van der Waals surface area contributed by atoms with Gasteiger partial charge in [-0.2, -0.15) is 0 Å². The van der Waals surface area contributed by atoms with Gasteiger partial charge in [0.2, 0.25) is 5.91 Å². The van der Waals surface area contributed by atoms with Crippen molar-refractivity contribution in [2.24, 2.45) is 11.7 Å². The number of hydroxylamine groups is 1. The predicted octanol–water partition coefficient (Wildman–Crippen LogP) is 0.585. The van der Waals surface area contributed by atoms with Crippen molar-refractivity contribution >= 4 is 15.9 Å². The monoisotopic (exact) mass is 302 g/mol. The molecule has 0 aromatic heterocycles. The lowest BCUT2D eigenvalue weighted by Crippen LogP contribution is -2.48. The maximum atomic E-state index is 12.2. The molecule has 1 atom stereocenters. The molecule has 1 rings (SSSR count). The molecule has 0 unspecified atom stereocenters. The van der Waals surface area contributed by atoms with Gasteiger partial charge in [-0.1, -0.05) is 18.3 Å². The second-order valence-corrected chi connectivity index (χ2v) is 6.34. The second-order valence-electron chi connectivity index (χ2n) is 4.54. The van der Waals surface area contributed by atoms with Crippen LogP contribution in [-0.2, 0) is 14.8 Å². The molecule has 0 aliphatic rings. The van der Waals surface area contributed by atoms with E-state index in [9.17, 15) is 18.4 Å². The molecule has 0 radical (unpaired) electrons. The molecule has 1 amide bonds. The molecule has 7 nitrogen and oxygen atoms in total. The number of ether oxygens (including phenoxy) is 1. The maximum absolute atomic E-state index is 12.2. The molecule has 0 heterocycles. The van der Waals surface area contributed by atoms with Gasteiger partial charge >= 0.3 is 0 Å². The lowest BCUT2D eigenvalue weighted by atomic mass is 10.1. The third-order valence-electron chi connectivity index (χ3n) is 2.76. The minimum atomic E-state index is -4.22. The van der Waals surface area contributed by atoms with Gasteiger partial charge in [-0.3, -0.25) is 10.0 Å². The first kappa shape index (κ1) is 16.4. The van der Waals surface area contributed by atoms with E-state index in [1.165, 1.54) is 31.4 Å². The topological polar surface area (TPSA) is 110 Å². The maximum Gasteiger partial charge on any atom is 0.265 e. The number of nitrogens with two attached hydrogens (primary N) is 1. The van der Waals surface area contributed by atoms with Crippen LogP contribution in [0.4, 0.5) is 0 Å². The third-order valence-corrected chi connectivity index (χ3v) is 4.35. The van der Waals surface area contributed by atoms with Gasteiger partial charge in [0.1, 0.15) is 11.8 Å². The summed E-state index contributed by atoms with van der Waals surface area (Å²) < 4.78 is 29.4. The molecule has 0 saturated heterocycles. The molecule has 1 aromatic rings. The number of primary amides is 1. The van der Waals surface area contributed by atoms with Crippen LogP contribution in [0, 0.1) is 5.92 Å². The Labute approximate surface area is 118 Å². The molecule has 1 aromatic carbocycles. The number of hydrogen-bond acceptors (Lipinski definition) is 5. The summed E-state index contributed by atoms with van der Waals surface area (Å²) in [5.41, 5.74) is 5.13. The van der Waals surface area contributed by atoms with Gasteiger partial charge in [-0.05, 0) is 30.2 Å². The highest BCUT2D eigenvalue weighted by Gasteiger charge is 2.36. The Morgan fingerprint density at radius 1 is 1.30 bits per heavy atom. The van der Waals surface area contributed by atoms with Crippen LogP contribution in [0.15, 0.2) is 29.2 Å². The van der Waals surface area contributed by atoms with Crippen LogP contribution in [0.5, 0.6) is 5.75 Å². The zero-order valence-corrected chi connectivity index (χ0v) is 12.3. The van der Waals surface area contributed by atoms with E-state index in [4.69, 9.17) is 10.5 Å². The fourth-order valence-electron chi connectivity index (χ4n) is 1.70. The summed E-state index contributed by atoms with van der Waals surface area (Å²) in [5, 5.41) is 9.87. The molecule has 0 fully saturated rings. The molecule has 0 aliphatic carbocycles. The van der Waals surface area contributed by atoms with Crippen molar-refractivity contribution in [2.75, 3.05) is 7.11 Å². The molecule has 20 heavy (non-hydrogen) atoms. The minimum Gasteiger partial charge on any atom is -0.497 e. The summed E-state index contributed by atoms with van der Waals surface area (Å²) >= 11 is 0. The average Bonchev–Trinajstić information content (AvgIpc) is 2.37. The van der Waals surface area contributed by atoms with Gasteiger partial charge in [0.15, 0.2) is 0 Å². The highest BCUT2D eigenvalue weighted by Crippen LogP contribution is 2.22. The molecule has 0 bridgehead atoms. The number of sulfonamides is 1. The number of benzene rings is 1. The first-order chi connectivity index (χ1) is 9.21. The van der Waals surface area contributed by atoms with Crippen molar-refractivity contribution in [3.8, 4) is 5.75 Å². The zero-order chi connectivity index (χ0) is 15.5. The van der Waals surface area contributed by atoms with E-state index in [0.29, 0.717) is 5.75 Å². The molecule has 0 saturated carbocycles.